The van der Waals surface area contributed by atoms with Crippen LogP contribution < -0.4 is 5.73 Å². The molecule has 126 valence electrons. The van der Waals surface area contributed by atoms with Crippen LogP contribution in [0.2, 0.25) is 0 Å². The molecule has 1 nitrogen and oxygen atoms in total. The van der Waals surface area contributed by atoms with Gasteiger partial charge < -0.3 is 5.73 Å². The van der Waals surface area contributed by atoms with Crippen LogP contribution in [0.4, 0.5) is 18.9 Å². The van der Waals surface area contributed by atoms with E-state index in [4.69, 9.17) is 5.73 Å². The Bertz CT molecular complexity index is 461. The number of nitrogens with two attached hydrogens (primary N) is 1. The molecule has 0 saturated carbocycles. The second-order valence-electron chi connectivity index (χ2n) is 5.20. The fraction of sp³-hybridized carbons (Fsp3) is 0.625. The van der Waals surface area contributed by atoms with Crippen molar-refractivity contribution in [3.8, 4) is 0 Å². The highest BCUT2D eigenvalue weighted by atomic mass is 32.2. The molecule has 0 radical (unpaired) electrons. The van der Waals surface area contributed by atoms with Crippen molar-refractivity contribution < 1.29 is 13.2 Å². The number of rotatable bonds is 9. The zero-order valence-electron chi connectivity index (χ0n) is 13.1. The average molecular weight is 352 g/mol. The van der Waals surface area contributed by atoms with Gasteiger partial charge in [-0.25, -0.2) is 0 Å². The summed E-state index contributed by atoms with van der Waals surface area (Å²) in [7, 11) is 0. The van der Waals surface area contributed by atoms with Crippen molar-refractivity contribution in [3.63, 3.8) is 0 Å². The molecular formula is C16H24F3NS2. The molecule has 0 bridgehead atoms. The Kier molecular flexibility index (Phi) is 8.54. The third kappa shape index (κ3) is 5.95. The van der Waals surface area contributed by atoms with Gasteiger partial charge in [-0.2, -0.15) is 24.9 Å². The highest BCUT2D eigenvalue weighted by Crippen LogP contribution is 2.40. The van der Waals surface area contributed by atoms with Gasteiger partial charge >= 0.3 is 6.18 Å². The monoisotopic (exact) mass is 351 g/mol. The number of benzene rings is 1. The molecule has 0 spiro atoms. The van der Waals surface area contributed by atoms with Crippen LogP contribution in [0.1, 0.15) is 50.2 Å². The molecule has 0 aliphatic rings. The highest BCUT2D eigenvalue weighted by molar-refractivity contribution is 7.99. The Labute approximate surface area is 139 Å². The van der Waals surface area contributed by atoms with E-state index in [-0.39, 0.29) is 11.3 Å². The Balaban J connectivity index is 2.74. The van der Waals surface area contributed by atoms with E-state index in [0.29, 0.717) is 5.69 Å². The molecule has 0 atom stereocenters. The first-order valence-corrected chi connectivity index (χ1v) is 9.90. The minimum absolute atomic E-state index is 0.219. The lowest BCUT2D eigenvalue weighted by Crippen LogP contribution is -2.11. The standard InChI is InChI=1S/C16H24F3NS2/c1-3-4-5-6-7-10-22-14-9-8-13(16(17,18)19)12(11-21-2)15(14)20/h8-9H,3-7,10-11,20H2,1-2H3. The maximum atomic E-state index is 13.0. The Morgan fingerprint density at radius 1 is 1.09 bits per heavy atom. The van der Waals surface area contributed by atoms with Crippen LogP contribution in [0.5, 0.6) is 0 Å². The number of alkyl halides is 3. The molecule has 1 rings (SSSR count). The van der Waals surface area contributed by atoms with Crippen LogP contribution in [0, 0.1) is 0 Å². The number of anilines is 1. The van der Waals surface area contributed by atoms with E-state index in [1.807, 2.05) is 0 Å². The van der Waals surface area contributed by atoms with E-state index >= 15 is 0 Å². The summed E-state index contributed by atoms with van der Waals surface area (Å²) in [6.07, 6.45) is 3.34. The first-order valence-electron chi connectivity index (χ1n) is 7.52. The van der Waals surface area contributed by atoms with Crippen molar-refractivity contribution in [1.29, 1.82) is 0 Å². The van der Waals surface area contributed by atoms with Crippen LogP contribution in [0.15, 0.2) is 17.0 Å². The zero-order valence-corrected chi connectivity index (χ0v) is 14.8. The lowest BCUT2D eigenvalue weighted by atomic mass is 10.1. The molecule has 0 aliphatic heterocycles. The minimum atomic E-state index is -4.34. The number of hydrogen-bond acceptors (Lipinski definition) is 3. The molecule has 1 aromatic carbocycles. The van der Waals surface area contributed by atoms with Crippen LogP contribution >= 0.6 is 23.5 Å². The molecule has 0 heterocycles. The van der Waals surface area contributed by atoms with Crippen molar-refractivity contribution >= 4 is 29.2 Å². The van der Waals surface area contributed by atoms with Gasteiger partial charge in [-0.1, -0.05) is 32.6 Å². The SMILES string of the molecule is CCCCCCCSc1ccc(C(F)(F)F)c(CSC)c1N. The summed E-state index contributed by atoms with van der Waals surface area (Å²) < 4.78 is 39.1. The molecule has 0 amide bonds. The van der Waals surface area contributed by atoms with Gasteiger partial charge in [-0.3, -0.25) is 0 Å². The van der Waals surface area contributed by atoms with Crippen molar-refractivity contribution in [1.82, 2.24) is 0 Å². The van der Waals surface area contributed by atoms with Crippen molar-refractivity contribution in [2.24, 2.45) is 0 Å². The lowest BCUT2D eigenvalue weighted by molar-refractivity contribution is -0.138. The third-order valence-electron chi connectivity index (χ3n) is 3.42. The fourth-order valence-electron chi connectivity index (χ4n) is 2.22. The van der Waals surface area contributed by atoms with E-state index in [0.717, 1.165) is 17.1 Å². The molecule has 2 N–H and O–H groups in total. The first-order chi connectivity index (χ1) is 10.4. The van der Waals surface area contributed by atoms with Gasteiger partial charge in [0.05, 0.1) is 5.56 Å². The molecule has 0 fully saturated rings. The lowest BCUT2D eigenvalue weighted by Gasteiger charge is -2.17. The maximum Gasteiger partial charge on any atom is 0.416 e. The van der Waals surface area contributed by atoms with E-state index in [2.05, 4.69) is 6.92 Å². The zero-order chi connectivity index (χ0) is 16.6. The van der Waals surface area contributed by atoms with Gasteiger partial charge in [0.1, 0.15) is 0 Å². The molecule has 6 heteroatoms. The second-order valence-corrected chi connectivity index (χ2v) is 7.20. The molecule has 22 heavy (non-hydrogen) atoms. The Morgan fingerprint density at radius 3 is 2.36 bits per heavy atom. The smallest absolute Gasteiger partial charge is 0.398 e. The molecule has 0 aromatic heterocycles. The summed E-state index contributed by atoms with van der Waals surface area (Å²) in [6.45, 7) is 2.17. The first kappa shape index (κ1) is 19.6. The van der Waals surface area contributed by atoms with E-state index in [1.54, 1.807) is 18.0 Å². The normalized spacial score (nSPS) is 11.9. The third-order valence-corrected chi connectivity index (χ3v) is 5.15. The van der Waals surface area contributed by atoms with Crippen molar-refractivity contribution in [3.05, 3.63) is 23.3 Å². The summed E-state index contributed by atoms with van der Waals surface area (Å²) in [5, 5.41) is 0. The van der Waals surface area contributed by atoms with E-state index in [1.165, 1.54) is 49.6 Å². The van der Waals surface area contributed by atoms with Crippen LogP contribution in [0.25, 0.3) is 0 Å². The Morgan fingerprint density at radius 2 is 1.77 bits per heavy atom. The minimum Gasteiger partial charge on any atom is -0.398 e. The summed E-state index contributed by atoms with van der Waals surface area (Å²) in [6, 6.07) is 2.68. The average Bonchev–Trinajstić information content (AvgIpc) is 2.45. The molecule has 0 unspecified atom stereocenters. The number of halogens is 3. The molecular weight excluding hydrogens is 327 g/mol. The van der Waals surface area contributed by atoms with Crippen LogP contribution in [-0.4, -0.2) is 12.0 Å². The summed E-state index contributed by atoms with van der Waals surface area (Å²) in [5.74, 6) is 1.18. The summed E-state index contributed by atoms with van der Waals surface area (Å²) >= 11 is 2.92. The predicted octanol–water partition coefficient (Wildman–Crippen LogP) is 6.21. The largest absolute Gasteiger partial charge is 0.416 e. The van der Waals surface area contributed by atoms with Crippen molar-refractivity contribution in [2.75, 3.05) is 17.7 Å². The summed E-state index contributed by atoms with van der Waals surface area (Å²) in [4.78, 5) is 0.771. The summed E-state index contributed by atoms with van der Waals surface area (Å²) in [5.41, 5.74) is 5.90. The van der Waals surface area contributed by atoms with Crippen LogP contribution in [0.3, 0.4) is 0 Å². The van der Waals surface area contributed by atoms with Gasteiger partial charge in [-0.15, -0.1) is 11.8 Å². The number of hydrogen-bond donors (Lipinski definition) is 1. The van der Waals surface area contributed by atoms with Crippen LogP contribution in [-0.2, 0) is 11.9 Å². The molecule has 0 saturated heterocycles. The fourth-order valence-corrected chi connectivity index (χ4v) is 3.83. The van der Waals surface area contributed by atoms with E-state index < -0.39 is 11.7 Å². The van der Waals surface area contributed by atoms with Gasteiger partial charge in [0.25, 0.3) is 0 Å². The number of thioether (sulfide) groups is 2. The number of nitrogen functional groups attached to an aromatic ring is 1. The maximum absolute atomic E-state index is 13.0. The predicted molar refractivity (Wildman–Crippen MR) is 92.6 cm³/mol. The topological polar surface area (TPSA) is 26.0 Å². The van der Waals surface area contributed by atoms with Gasteiger partial charge in [-0.05, 0) is 36.1 Å². The highest BCUT2D eigenvalue weighted by Gasteiger charge is 2.34. The quantitative estimate of drug-likeness (QED) is 0.325. The van der Waals surface area contributed by atoms with Crippen molar-refractivity contribution in [2.45, 2.75) is 55.9 Å². The Hall–Kier alpha value is -0.490. The van der Waals surface area contributed by atoms with Gasteiger partial charge in [0.15, 0.2) is 0 Å². The van der Waals surface area contributed by atoms with E-state index in [9.17, 15) is 13.2 Å². The molecule has 0 aliphatic carbocycles. The molecule has 1 aromatic rings. The number of unbranched alkanes of at least 4 members (excludes halogenated alkanes) is 4. The van der Waals surface area contributed by atoms with Gasteiger partial charge in [0.2, 0.25) is 0 Å². The van der Waals surface area contributed by atoms with Gasteiger partial charge in [0, 0.05) is 16.3 Å². The second kappa shape index (κ2) is 9.60.